The summed E-state index contributed by atoms with van der Waals surface area (Å²) in [5.41, 5.74) is 5.55. The summed E-state index contributed by atoms with van der Waals surface area (Å²) < 4.78 is 0. The van der Waals surface area contributed by atoms with E-state index < -0.39 is 5.97 Å². The Hall–Kier alpha value is -1.10. The van der Waals surface area contributed by atoms with Crippen LogP contribution in [0.15, 0.2) is 0 Å². The van der Waals surface area contributed by atoms with Gasteiger partial charge in [0.25, 0.3) is 0 Å². The Balaban J connectivity index is 2.33. The van der Waals surface area contributed by atoms with Gasteiger partial charge in [0.1, 0.15) is 0 Å². The molecule has 1 fully saturated rings. The maximum Gasteiger partial charge on any atom is 0.308 e. The van der Waals surface area contributed by atoms with E-state index in [-0.39, 0.29) is 17.9 Å². The van der Waals surface area contributed by atoms with Crippen LogP contribution in [0.4, 0.5) is 0 Å². The van der Waals surface area contributed by atoms with Gasteiger partial charge in [0, 0.05) is 25.6 Å². The molecular weight excluding hydrogens is 196 g/mol. The number of aliphatic carboxylic acids is 1. The molecule has 3 N–H and O–H groups in total. The van der Waals surface area contributed by atoms with Gasteiger partial charge in [-0.3, -0.25) is 9.59 Å². The number of likely N-dealkylation sites (tertiary alicyclic amines) is 1. The first-order chi connectivity index (χ1) is 7.00. The molecule has 86 valence electrons. The van der Waals surface area contributed by atoms with Gasteiger partial charge < -0.3 is 15.7 Å². The van der Waals surface area contributed by atoms with E-state index in [1.807, 2.05) is 6.92 Å². The highest BCUT2D eigenvalue weighted by Gasteiger charge is 2.30. The van der Waals surface area contributed by atoms with Gasteiger partial charge >= 0.3 is 5.97 Å². The van der Waals surface area contributed by atoms with Gasteiger partial charge in [0.2, 0.25) is 5.91 Å². The molecule has 1 aliphatic heterocycles. The summed E-state index contributed by atoms with van der Waals surface area (Å²) in [6.45, 7) is 2.78. The van der Waals surface area contributed by atoms with Gasteiger partial charge in [-0.15, -0.1) is 0 Å². The fourth-order valence-electron chi connectivity index (χ4n) is 1.70. The molecule has 1 amide bonds. The molecule has 2 atom stereocenters. The zero-order valence-corrected chi connectivity index (χ0v) is 8.98. The van der Waals surface area contributed by atoms with Gasteiger partial charge in [-0.1, -0.05) is 0 Å². The summed E-state index contributed by atoms with van der Waals surface area (Å²) >= 11 is 0. The van der Waals surface area contributed by atoms with Gasteiger partial charge in [0.15, 0.2) is 0 Å². The van der Waals surface area contributed by atoms with Crippen LogP contribution in [0.25, 0.3) is 0 Å². The molecule has 15 heavy (non-hydrogen) atoms. The second kappa shape index (κ2) is 5.11. The third-order valence-electron chi connectivity index (χ3n) is 2.70. The molecule has 0 aliphatic carbocycles. The Kier molecular flexibility index (Phi) is 4.08. The highest BCUT2D eigenvalue weighted by atomic mass is 16.4. The molecule has 1 heterocycles. The Morgan fingerprint density at radius 3 is 2.73 bits per heavy atom. The highest BCUT2D eigenvalue weighted by molar-refractivity contribution is 5.78. The van der Waals surface area contributed by atoms with Gasteiger partial charge in [-0.25, -0.2) is 0 Å². The molecule has 1 aliphatic rings. The Bertz CT molecular complexity index is 253. The minimum Gasteiger partial charge on any atom is -0.481 e. The van der Waals surface area contributed by atoms with Crippen LogP contribution in [0.3, 0.4) is 0 Å². The average Bonchev–Trinajstić information content (AvgIpc) is 2.62. The number of nitrogens with two attached hydrogens (primary N) is 1. The predicted molar refractivity (Wildman–Crippen MR) is 55.2 cm³/mol. The lowest BCUT2D eigenvalue weighted by Gasteiger charge is -2.16. The summed E-state index contributed by atoms with van der Waals surface area (Å²) in [6, 6.07) is 0.0202. The van der Waals surface area contributed by atoms with Crippen LogP contribution in [-0.2, 0) is 9.59 Å². The lowest BCUT2D eigenvalue weighted by molar-refractivity contribution is -0.141. The SMILES string of the molecule is CC(N)CCC(=O)N1CCC(C(=O)O)C1. The fraction of sp³-hybridized carbons (Fsp3) is 0.800. The topological polar surface area (TPSA) is 83.6 Å². The number of carboxylic acid groups (broad SMARTS) is 1. The fourth-order valence-corrected chi connectivity index (χ4v) is 1.70. The van der Waals surface area contributed by atoms with Crippen molar-refractivity contribution in [2.75, 3.05) is 13.1 Å². The van der Waals surface area contributed by atoms with Crippen molar-refractivity contribution in [2.24, 2.45) is 11.7 Å². The predicted octanol–water partition coefficient (Wildman–Crippen LogP) is 0.0469. The van der Waals surface area contributed by atoms with E-state index in [1.165, 1.54) is 0 Å². The van der Waals surface area contributed by atoms with Crippen molar-refractivity contribution in [3.8, 4) is 0 Å². The average molecular weight is 214 g/mol. The van der Waals surface area contributed by atoms with E-state index in [4.69, 9.17) is 10.8 Å². The Morgan fingerprint density at radius 2 is 2.27 bits per heavy atom. The first kappa shape index (κ1) is 12.0. The monoisotopic (exact) mass is 214 g/mol. The summed E-state index contributed by atoms with van der Waals surface area (Å²) in [5.74, 6) is -1.17. The van der Waals surface area contributed by atoms with Crippen molar-refractivity contribution in [1.29, 1.82) is 0 Å². The van der Waals surface area contributed by atoms with Crippen LogP contribution in [0, 0.1) is 5.92 Å². The number of carbonyl (C=O) groups is 2. The molecule has 0 spiro atoms. The zero-order valence-electron chi connectivity index (χ0n) is 8.98. The van der Waals surface area contributed by atoms with E-state index in [1.54, 1.807) is 4.90 Å². The summed E-state index contributed by atoms with van der Waals surface area (Å²) in [4.78, 5) is 23.9. The second-order valence-electron chi connectivity index (χ2n) is 4.18. The summed E-state index contributed by atoms with van der Waals surface area (Å²) in [7, 11) is 0. The van der Waals surface area contributed by atoms with Crippen molar-refractivity contribution in [2.45, 2.75) is 32.2 Å². The van der Waals surface area contributed by atoms with Crippen molar-refractivity contribution >= 4 is 11.9 Å². The molecule has 5 nitrogen and oxygen atoms in total. The van der Waals surface area contributed by atoms with E-state index >= 15 is 0 Å². The molecule has 0 aromatic carbocycles. The zero-order chi connectivity index (χ0) is 11.4. The number of hydrogen-bond donors (Lipinski definition) is 2. The quantitative estimate of drug-likeness (QED) is 0.692. The summed E-state index contributed by atoms with van der Waals surface area (Å²) in [6.07, 6.45) is 1.65. The lowest BCUT2D eigenvalue weighted by atomic mass is 10.1. The number of hydrogen-bond acceptors (Lipinski definition) is 3. The molecule has 0 aromatic heterocycles. The van der Waals surface area contributed by atoms with Crippen LogP contribution >= 0.6 is 0 Å². The highest BCUT2D eigenvalue weighted by Crippen LogP contribution is 2.17. The first-order valence-electron chi connectivity index (χ1n) is 5.27. The number of amides is 1. The second-order valence-corrected chi connectivity index (χ2v) is 4.18. The first-order valence-corrected chi connectivity index (χ1v) is 5.27. The standard InChI is InChI=1S/C10H18N2O3/c1-7(11)2-3-9(13)12-5-4-8(6-12)10(14)15/h7-8H,2-6,11H2,1H3,(H,14,15). The number of nitrogens with zero attached hydrogens (tertiary/aromatic N) is 1. The number of rotatable bonds is 4. The smallest absolute Gasteiger partial charge is 0.308 e. The third kappa shape index (κ3) is 3.51. The molecule has 2 unspecified atom stereocenters. The lowest BCUT2D eigenvalue weighted by Crippen LogP contribution is -2.31. The largest absolute Gasteiger partial charge is 0.481 e. The minimum absolute atomic E-state index is 0.0202. The Labute approximate surface area is 89.2 Å². The molecule has 0 radical (unpaired) electrons. The van der Waals surface area contributed by atoms with Crippen molar-refractivity contribution in [3.05, 3.63) is 0 Å². The summed E-state index contributed by atoms with van der Waals surface area (Å²) in [5, 5.41) is 8.77. The van der Waals surface area contributed by atoms with E-state index in [2.05, 4.69) is 0 Å². The van der Waals surface area contributed by atoms with E-state index in [9.17, 15) is 9.59 Å². The molecule has 0 aromatic rings. The number of carboxylic acids is 1. The van der Waals surface area contributed by atoms with Crippen LogP contribution in [0.2, 0.25) is 0 Å². The third-order valence-corrected chi connectivity index (χ3v) is 2.70. The molecular formula is C10H18N2O3. The number of carbonyl (C=O) groups excluding carboxylic acids is 1. The van der Waals surface area contributed by atoms with E-state index in [0.717, 1.165) is 0 Å². The molecule has 0 bridgehead atoms. The molecule has 1 rings (SSSR count). The van der Waals surface area contributed by atoms with Gasteiger partial charge in [-0.05, 0) is 19.8 Å². The van der Waals surface area contributed by atoms with Crippen LogP contribution in [0.5, 0.6) is 0 Å². The van der Waals surface area contributed by atoms with E-state index in [0.29, 0.717) is 32.4 Å². The van der Waals surface area contributed by atoms with Crippen LogP contribution in [-0.4, -0.2) is 41.0 Å². The maximum atomic E-state index is 11.6. The van der Waals surface area contributed by atoms with Crippen LogP contribution in [0.1, 0.15) is 26.2 Å². The van der Waals surface area contributed by atoms with Gasteiger partial charge in [0.05, 0.1) is 5.92 Å². The Morgan fingerprint density at radius 1 is 1.60 bits per heavy atom. The molecule has 0 saturated carbocycles. The normalized spacial score (nSPS) is 22.8. The van der Waals surface area contributed by atoms with Crippen molar-refractivity contribution in [3.63, 3.8) is 0 Å². The minimum atomic E-state index is -0.808. The van der Waals surface area contributed by atoms with Crippen molar-refractivity contribution < 1.29 is 14.7 Å². The van der Waals surface area contributed by atoms with Gasteiger partial charge in [-0.2, -0.15) is 0 Å². The van der Waals surface area contributed by atoms with Crippen LogP contribution < -0.4 is 5.73 Å². The maximum absolute atomic E-state index is 11.6. The molecule has 5 heteroatoms. The molecule has 1 saturated heterocycles. The van der Waals surface area contributed by atoms with Crippen molar-refractivity contribution in [1.82, 2.24) is 4.90 Å².